The van der Waals surface area contributed by atoms with Crippen LogP contribution in [0, 0.1) is 5.41 Å². The van der Waals surface area contributed by atoms with E-state index in [0.717, 1.165) is 11.3 Å². The first-order valence-corrected chi connectivity index (χ1v) is 8.75. The van der Waals surface area contributed by atoms with Gasteiger partial charge in [0, 0.05) is 5.38 Å². The van der Waals surface area contributed by atoms with Crippen LogP contribution in [0.1, 0.15) is 33.4 Å². The lowest BCUT2D eigenvalue weighted by Gasteiger charge is -2.17. The Hall–Kier alpha value is -1.15. The zero-order valence-corrected chi connectivity index (χ0v) is 13.7. The average molecular weight is 320 g/mol. The predicted octanol–water partition coefficient (Wildman–Crippen LogP) is 2.04. The van der Waals surface area contributed by atoms with Crippen molar-refractivity contribution in [1.82, 2.24) is 4.98 Å². The van der Waals surface area contributed by atoms with Crippen LogP contribution in [0.3, 0.4) is 0 Å². The van der Waals surface area contributed by atoms with Gasteiger partial charge in [-0.15, -0.1) is 11.3 Å². The van der Waals surface area contributed by atoms with Gasteiger partial charge in [0.05, 0.1) is 24.5 Å². The highest BCUT2D eigenvalue weighted by atomic mass is 32.2. The molecule has 0 unspecified atom stereocenters. The highest BCUT2D eigenvalue weighted by Gasteiger charge is 2.22. The summed E-state index contributed by atoms with van der Waals surface area (Å²) in [7, 11) is -3.44. The Bertz CT molecular complexity index is 558. The summed E-state index contributed by atoms with van der Waals surface area (Å²) >= 11 is 1.15. The second-order valence-electron chi connectivity index (χ2n) is 5.55. The SMILES string of the molecule is CCOC(=O)Cc1csc(NS(=O)(=O)CC(C)(C)C)n1. The van der Waals surface area contributed by atoms with E-state index in [1.165, 1.54) is 0 Å². The van der Waals surface area contributed by atoms with Crippen LogP contribution >= 0.6 is 11.3 Å². The fraction of sp³-hybridized carbons (Fsp3) is 0.667. The van der Waals surface area contributed by atoms with Crippen molar-refractivity contribution < 1.29 is 17.9 Å². The molecule has 1 heterocycles. The normalized spacial score (nSPS) is 12.2. The van der Waals surface area contributed by atoms with E-state index in [1.807, 2.05) is 20.8 Å². The van der Waals surface area contributed by atoms with Crippen molar-refractivity contribution in [3.63, 3.8) is 0 Å². The molecule has 0 amide bonds. The van der Waals surface area contributed by atoms with Crippen molar-refractivity contribution in [3.8, 4) is 0 Å². The second kappa shape index (κ2) is 6.53. The second-order valence-corrected chi connectivity index (χ2v) is 8.13. The third-order valence-corrected chi connectivity index (χ3v) is 4.73. The number of rotatable bonds is 6. The number of carbonyl (C=O) groups is 1. The number of esters is 1. The maximum absolute atomic E-state index is 11.9. The Morgan fingerprint density at radius 3 is 2.65 bits per heavy atom. The number of ether oxygens (including phenoxy) is 1. The van der Waals surface area contributed by atoms with E-state index in [0.29, 0.717) is 12.3 Å². The van der Waals surface area contributed by atoms with E-state index >= 15 is 0 Å². The zero-order chi connectivity index (χ0) is 15.4. The molecule has 20 heavy (non-hydrogen) atoms. The van der Waals surface area contributed by atoms with Gasteiger partial charge in [0.15, 0.2) is 5.13 Å². The number of carbonyl (C=O) groups excluding carboxylic acids is 1. The molecular weight excluding hydrogens is 300 g/mol. The summed E-state index contributed by atoms with van der Waals surface area (Å²) in [6.07, 6.45) is 0.0470. The third-order valence-electron chi connectivity index (χ3n) is 2.05. The maximum atomic E-state index is 11.9. The summed E-state index contributed by atoms with van der Waals surface area (Å²) in [5.41, 5.74) is 0.165. The van der Waals surface area contributed by atoms with Crippen molar-refractivity contribution in [1.29, 1.82) is 0 Å². The molecule has 8 heteroatoms. The van der Waals surface area contributed by atoms with Crippen LogP contribution in [0.15, 0.2) is 5.38 Å². The predicted molar refractivity (Wildman–Crippen MR) is 79.3 cm³/mol. The van der Waals surface area contributed by atoms with Gasteiger partial charge in [-0.05, 0) is 12.3 Å². The van der Waals surface area contributed by atoms with E-state index < -0.39 is 10.0 Å². The van der Waals surface area contributed by atoms with Gasteiger partial charge in [-0.3, -0.25) is 9.52 Å². The summed E-state index contributed by atoms with van der Waals surface area (Å²) in [5.74, 6) is -0.367. The summed E-state index contributed by atoms with van der Waals surface area (Å²) < 4.78 is 31.1. The van der Waals surface area contributed by atoms with E-state index in [-0.39, 0.29) is 28.7 Å². The molecule has 0 atom stereocenters. The first kappa shape index (κ1) is 16.9. The molecule has 0 bridgehead atoms. The minimum atomic E-state index is -3.44. The number of aromatic nitrogens is 1. The molecule has 114 valence electrons. The van der Waals surface area contributed by atoms with Crippen LogP contribution in [0.4, 0.5) is 5.13 Å². The zero-order valence-electron chi connectivity index (χ0n) is 12.1. The Kier molecular flexibility index (Phi) is 5.52. The van der Waals surface area contributed by atoms with Gasteiger partial charge in [-0.2, -0.15) is 0 Å². The molecule has 0 aliphatic rings. The smallest absolute Gasteiger partial charge is 0.311 e. The van der Waals surface area contributed by atoms with Crippen LogP contribution in [-0.2, 0) is 26.0 Å². The van der Waals surface area contributed by atoms with Crippen molar-refractivity contribution in [2.45, 2.75) is 34.1 Å². The average Bonchev–Trinajstić information content (AvgIpc) is 2.60. The largest absolute Gasteiger partial charge is 0.466 e. The molecule has 0 saturated heterocycles. The Balaban J connectivity index is 2.66. The number of anilines is 1. The molecule has 1 rings (SSSR count). The minimum absolute atomic E-state index is 0.00674. The molecule has 1 aromatic heterocycles. The van der Waals surface area contributed by atoms with Crippen LogP contribution in [0.2, 0.25) is 0 Å². The van der Waals surface area contributed by atoms with Gasteiger partial charge >= 0.3 is 5.97 Å². The van der Waals surface area contributed by atoms with Gasteiger partial charge in [0.25, 0.3) is 0 Å². The Morgan fingerprint density at radius 1 is 1.45 bits per heavy atom. The summed E-state index contributed by atoms with van der Waals surface area (Å²) in [4.78, 5) is 15.4. The Morgan fingerprint density at radius 2 is 2.10 bits per heavy atom. The van der Waals surface area contributed by atoms with Crippen LogP contribution < -0.4 is 4.72 Å². The van der Waals surface area contributed by atoms with Crippen LogP contribution in [0.5, 0.6) is 0 Å². The third kappa shape index (κ3) is 6.33. The molecular formula is C12H20N2O4S2. The first-order chi connectivity index (χ1) is 9.11. The molecule has 0 aliphatic heterocycles. The summed E-state index contributed by atoms with van der Waals surface area (Å²) in [6.45, 7) is 7.58. The number of nitrogens with one attached hydrogen (secondary N) is 1. The number of hydrogen-bond donors (Lipinski definition) is 1. The molecule has 0 fully saturated rings. The van der Waals surface area contributed by atoms with Crippen LogP contribution in [0.25, 0.3) is 0 Å². The summed E-state index contributed by atoms with van der Waals surface area (Å²) in [5, 5.41) is 1.92. The minimum Gasteiger partial charge on any atom is -0.466 e. The van der Waals surface area contributed by atoms with Crippen molar-refractivity contribution >= 4 is 32.5 Å². The lowest BCUT2D eigenvalue weighted by Crippen LogP contribution is -2.26. The number of sulfonamides is 1. The maximum Gasteiger partial charge on any atom is 0.311 e. The van der Waals surface area contributed by atoms with Gasteiger partial charge in [0.1, 0.15) is 0 Å². The fourth-order valence-corrected chi connectivity index (χ4v) is 4.19. The van der Waals surface area contributed by atoms with Crippen LogP contribution in [-0.4, -0.2) is 31.7 Å². The number of nitrogens with zero attached hydrogens (tertiary/aromatic N) is 1. The highest BCUT2D eigenvalue weighted by molar-refractivity contribution is 7.92. The van der Waals surface area contributed by atoms with Gasteiger partial charge in [-0.1, -0.05) is 20.8 Å². The van der Waals surface area contributed by atoms with Crippen molar-refractivity contribution in [2.24, 2.45) is 5.41 Å². The van der Waals surface area contributed by atoms with E-state index in [2.05, 4.69) is 9.71 Å². The van der Waals surface area contributed by atoms with Crippen molar-refractivity contribution in [3.05, 3.63) is 11.1 Å². The standard InChI is InChI=1S/C12H20N2O4S2/c1-5-18-10(15)6-9-7-19-11(13-9)14-20(16,17)8-12(2,3)4/h7H,5-6,8H2,1-4H3,(H,13,14). The molecule has 0 radical (unpaired) electrons. The molecule has 0 saturated carbocycles. The molecule has 1 aromatic rings. The van der Waals surface area contributed by atoms with Gasteiger partial charge in [-0.25, -0.2) is 13.4 Å². The first-order valence-electron chi connectivity index (χ1n) is 6.22. The quantitative estimate of drug-likeness (QED) is 0.811. The van der Waals surface area contributed by atoms with Gasteiger partial charge < -0.3 is 4.74 Å². The highest BCUT2D eigenvalue weighted by Crippen LogP contribution is 2.21. The Labute approximate surface area is 123 Å². The van der Waals surface area contributed by atoms with Crippen molar-refractivity contribution in [2.75, 3.05) is 17.1 Å². The topological polar surface area (TPSA) is 85.4 Å². The van der Waals surface area contributed by atoms with E-state index in [9.17, 15) is 13.2 Å². The lowest BCUT2D eigenvalue weighted by molar-refractivity contribution is -0.142. The van der Waals surface area contributed by atoms with E-state index in [4.69, 9.17) is 4.74 Å². The lowest BCUT2D eigenvalue weighted by atomic mass is 10.0. The molecule has 1 N–H and O–H groups in total. The molecule has 6 nitrogen and oxygen atoms in total. The van der Waals surface area contributed by atoms with Gasteiger partial charge in [0.2, 0.25) is 10.0 Å². The molecule has 0 spiro atoms. The summed E-state index contributed by atoms with van der Waals surface area (Å²) in [6, 6.07) is 0. The van der Waals surface area contributed by atoms with E-state index in [1.54, 1.807) is 12.3 Å². The monoisotopic (exact) mass is 320 g/mol. The fourth-order valence-electron chi connectivity index (χ4n) is 1.53. The number of hydrogen-bond acceptors (Lipinski definition) is 6. The number of thiazole rings is 1. The molecule has 0 aromatic carbocycles. The molecule has 0 aliphatic carbocycles.